The molecule has 31 heavy (non-hydrogen) atoms. The van der Waals surface area contributed by atoms with E-state index in [9.17, 15) is 4.79 Å². The molecule has 4 rings (SSSR count). The smallest absolute Gasteiger partial charge is 0.243 e. The van der Waals surface area contributed by atoms with Crippen LogP contribution in [0, 0.1) is 13.8 Å². The minimum absolute atomic E-state index is 0.113. The predicted octanol–water partition coefficient (Wildman–Crippen LogP) is 5.69. The summed E-state index contributed by atoms with van der Waals surface area (Å²) in [5.74, 6) is -0.113. The molecule has 4 aromatic rings. The molecule has 0 bridgehead atoms. The summed E-state index contributed by atoms with van der Waals surface area (Å²) in [6.07, 6.45) is 0. The second kappa shape index (κ2) is 9.53. The maximum absolute atomic E-state index is 12.7. The summed E-state index contributed by atoms with van der Waals surface area (Å²) < 4.78 is 1.85. The molecule has 156 valence electrons. The Hall–Kier alpha value is -3.51. The van der Waals surface area contributed by atoms with Crippen LogP contribution in [0.15, 0.2) is 94.7 Å². The van der Waals surface area contributed by atoms with Gasteiger partial charge in [-0.15, -0.1) is 0 Å². The van der Waals surface area contributed by atoms with Crippen molar-refractivity contribution in [3.8, 4) is 5.69 Å². The molecule has 0 aliphatic carbocycles. The summed E-state index contributed by atoms with van der Waals surface area (Å²) in [4.78, 5) is 14.9. The SMILES string of the molecule is Cc1nn(-c2ccccc2)c(C)c1NC(=O)CNc1ccccc1Sc1ccccc1. The van der Waals surface area contributed by atoms with E-state index >= 15 is 0 Å². The van der Waals surface area contributed by atoms with Crippen LogP contribution in [0.1, 0.15) is 11.4 Å². The van der Waals surface area contributed by atoms with Gasteiger partial charge >= 0.3 is 0 Å². The quantitative estimate of drug-likeness (QED) is 0.397. The lowest BCUT2D eigenvalue weighted by atomic mass is 10.3. The van der Waals surface area contributed by atoms with Gasteiger partial charge in [-0.1, -0.05) is 60.3 Å². The third kappa shape index (κ3) is 4.98. The van der Waals surface area contributed by atoms with E-state index in [2.05, 4.69) is 33.9 Å². The topological polar surface area (TPSA) is 59.0 Å². The summed E-state index contributed by atoms with van der Waals surface area (Å²) in [5, 5.41) is 10.9. The molecule has 1 amide bonds. The molecular weight excluding hydrogens is 404 g/mol. The number of rotatable bonds is 7. The van der Waals surface area contributed by atoms with Crippen LogP contribution in [0.5, 0.6) is 0 Å². The van der Waals surface area contributed by atoms with E-state index < -0.39 is 0 Å². The van der Waals surface area contributed by atoms with Crippen molar-refractivity contribution >= 4 is 29.0 Å². The lowest BCUT2D eigenvalue weighted by Crippen LogP contribution is -2.22. The Bertz CT molecular complexity index is 1170. The van der Waals surface area contributed by atoms with E-state index in [0.717, 1.165) is 38.2 Å². The van der Waals surface area contributed by atoms with Gasteiger partial charge in [-0.3, -0.25) is 4.79 Å². The highest BCUT2D eigenvalue weighted by atomic mass is 32.2. The lowest BCUT2D eigenvalue weighted by Gasteiger charge is -2.12. The van der Waals surface area contributed by atoms with Crippen molar-refractivity contribution in [3.63, 3.8) is 0 Å². The average molecular weight is 429 g/mol. The number of hydrogen-bond donors (Lipinski definition) is 2. The van der Waals surface area contributed by atoms with Gasteiger partial charge in [0.2, 0.25) is 5.91 Å². The normalized spacial score (nSPS) is 10.6. The molecule has 0 spiro atoms. The second-order valence-electron chi connectivity index (χ2n) is 7.11. The first-order valence-electron chi connectivity index (χ1n) is 10.1. The highest BCUT2D eigenvalue weighted by Gasteiger charge is 2.15. The van der Waals surface area contributed by atoms with Crippen LogP contribution in [-0.2, 0) is 4.79 Å². The Labute approximate surface area is 186 Å². The van der Waals surface area contributed by atoms with Crippen molar-refractivity contribution < 1.29 is 4.79 Å². The minimum Gasteiger partial charge on any atom is -0.375 e. The van der Waals surface area contributed by atoms with Gasteiger partial charge in [0.25, 0.3) is 0 Å². The first-order chi connectivity index (χ1) is 15.1. The Balaban J connectivity index is 1.44. The van der Waals surface area contributed by atoms with Crippen LogP contribution in [0.2, 0.25) is 0 Å². The van der Waals surface area contributed by atoms with Crippen molar-refractivity contribution in [2.24, 2.45) is 0 Å². The molecule has 5 nitrogen and oxygen atoms in total. The summed E-state index contributed by atoms with van der Waals surface area (Å²) in [6.45, 7) is 4.03. The maximum atomic E-state index is 12.7. The van der Waals surface area contributed by atoms with Gasteiger partial charge in [0, 0.05) is 15.5 Å². The van der Waals surface area contributed by atoms with Gasteiger partial charge in [0.05, 0.1) is 29.3 Å². The first kappa shape index (κ1) is 20.8. The zero-order chi connectivity index (χ0) is 21.6. The van der Waals surface area contributed by atoms with E-state index in [1.165, 1.54) is 0 Å². The van der Waals surface area contributed by atoms with Crippen molar-refractivity contribution in [1.29, 1.82) is 0 Å². The molecule has 0 saturated heterocycles. The van der Waals surface area contributed by atoms with Crippen LogP contribution >= 0.6 is 11.8 Å². The van der Waals surface area contributed by atoms with Crippen LogP contribution < -0.4 is 10.6 Å². The molecule has 0 radical (unpaired) electrons. The van der Waals surface area contributed by atoms with Gasteiger partial charge in [0.1, 0.15) is 0 Å². The van der Waals surface area contributed by atoms with Gasteiger partial charge in [-0.25, -0.2) is 4.68 Å². The number of benzene rings is 3. The molecule has 0 atom stereocenters. The molecular formula is C25H24N4OS. The molecule has 3 aromatic carbocycles. The Morgan fingerprint density at radius 1 is 0.903 bits per heavy atom. The minimum atomic E-state index is -0.113. The summed E-state index contributed by atoms with van der Waals surface area (Å²) >= 11 is 1.67. The highest BCUT2D eigenvalue weighted by molar-refractivity contribution is 7.99. The molecule has 0 fully saturated rings. The van der Waals surface area contributed by atoms with Gasteiger partial charge in [-0.05, 0) is 50.2 Å². The van der Waals surface area contributed by atoms with Gasteiger partial charge in [0.15, 0.2) is 0 Å². The van der Waals surface area contributed by atoms with Gasteiger partial charge < -0.3 is 10.6 Å². The number of carbonyl (C=O) groups is 1. The number of nitrogens with zero attached hydrogens (tertiary/aromatic N) is 2. The number of aryl methyl sites for hydroxylation is 1. The van der Waals surface area contributed by atoms with Crippen LogP contribution in [0.3, 0.4) is 0 Å². The molecule has 6 heteroatoms. The highest BCUT2D eigenvalue weighted by Crippen LogP contribution is 2.33. The van der Waals surface area contributed by atoms with Gasteiger partial charge in [-0.2, -0.15) is 5.10 Å². The second-order valence-corrected chi connectivity index (χ2v) is 8.22. The maximum Gasteiger partial charge on any atom is 0.243 e. The summed E-state index contributed by atoms with van der Waals surface area (Å²) in [6, 6.07) is 28.1. The molecule has 0 saturated carbocycles. The van der Waals surface area contributed by atoms with Crippen LogP contribution in [0.4, 0.5) is 11.4 Å². The summed E-state index contributed by atoms with van der Waals surface area (Å²) in [5.41, 5.74) is 4.34. The monoisotopic (exact) mass is 428 g/mol. The van der Waals surface area contributed by atoms with Crippen LogP contribution in [-0.4, -0.2) is 22.2 Å². The fraction of sp³-hybridized carbons (Fsp3) is 0.120. The van der Waals surface area contributed by atoms with Crippen molar-refractivity contribution in [2.75, 3.05) is 17.2 Å². The van der Waals surface area contributed by atoms with E-state index in [4.69, 9.17) is 0 Å². The molecule has 2 N–H and O–H groups in total. The van der Waals surface area contributed by atoms with Crippen LogP contribution in [0.25, 0.3) is 5.69 Å². The Morgan fingerprint density at radius 2 is 1.55 bits per heavy atom. The van der Waals surface area contributed by atoms with E-state index in [1.54, 1.807) is 11.8 Å². The lowest BCUT2D eigenvalue weighted by molar-refractivity contribution is -0.114. The zero-order valence-corrected chi connectivity index (χ0v) is 18.3. The zero-order valence-electron chi connectivity index (χ0n) is 17.5. The first-order valence-corrected chi connectivity index (χ1v) is 10.9. The van der Waals surface area contributed by atoms with Crippen molar-refractivity contribution in [2.45, 2.75) is 23.6 Å². The Kier molecular flexibility index (Phi) is 6.38. The van der Waals surface area contributed by atoms with Crippen molar-refractivity contribution in [3.05, 3.63) is 96.3 Å². The molecule has 0 aliphatic heterocycles. The number of para-hydroxylation sites is 2. The van der Waals surface area contributed by atoms with Crippen molar-refractivity contribution in [1.82, 2.24) is 9.78 Å². The molecule has 1 heterocycles. The predicted molar refractivity (Wildman–Crippen MR) is 127 cm³/mol. The number of anilines is 2. The molecule has 0 unspecified atom stereocenters. The third-order valence-corrected chi connectivity index (χ3v) is 5.94. The van der Waals surface area contributed by atoms with E-state index in [1.807, 2.05) is 85.3 Å². The number of carbonyl (C=O) groups excluding carboxylic acids is 1. The fourth-order valence-corrected chi connectivity index (χ4v) is 4.26. The van der Waals surface area contributed by atoms with E-state index in [-0.39, 0.29) is 12.5 Å². The number of hydrogen-bond acceptors (Lipinski definition) is 4. The summed E-state index contributed by atoms with van der Waals surface area (Å²) in [7, 11) is 0. The molecule has 1 aromatic heterocycles. The number of amides is 1. The average Bonchev–Trinajstić information content (AvgIpc) is 3.08. The Morgan fingerprint density at radius 3 is 2.29 bits per heavy atom. The van der Waals surface area contributed by atoms with E-state index in [0.29, 0.717) is 0 Å². The fourth-order valence-electron chi connectivity index (χ4n) is 3.32. The number of aromatic nitrogens is 2. The number of nitrogens with one attached hydrogen (secondary N) is 2. The molecule has 0 aliphatic rings. The standard InChI is InChI=1S/C25H24N4OS/c1-18-25(19(2)29(28-18)20-11-5-3-6-12-20)27-24(30)17-26-22-15-9-10-16-23(22)31-21-13-7-4-8-14-21/h3-16,26H,17H2,1-2H3,(H,27,30). The third-order valence-electron chi connectivity index (χ3n) is 4.85. The largest absolute Gasteiger partial charge is 0.375 e.